The van der Waals surface area contributed by atoms with Crippen molar-refractivity contribution in [3.8, 4) is 0 Å². The van der Waals surface area contributed by atoms with Gasteiger partial charge in [-0.1, -0.05) is 0 Å². The molecule has 0 amide bonds. The number of hydrogen-bond donors (Lipinski definition) is 1. The Labute approximate surface area is 160 Å². The van der Waals surface area contributed by atoms with Gasteiger partial charge < -0.3 is 9.64 Å². The third kappa shape index (κ3) is 4.33. The Morgan fingerprint density at radius 2 is 1.85 bits per heavy atom. The minimum absolute atomic E-state index is 0.00899. The summed E-state index contributed by atoms with van der Waals surface area (Å²) in [6.07, 6.45) is -4.57. The third-order valence-corrected chi connectivity index (χ3v) is 7.21. The highest BCUT2D eigenvalue weighted by molar-refractivity contribution is 9.11. The smallest absolute Gasteiger partial charge is 0.378 e. The molecular weight excluding hydrogens is 457 g/mol. The second-order valence-electron chi connectivity index (χ2n) is 5.49. The molecule has 0 spiro atoms. The first-order valence-corrected chi connectivity index (χ1v) is 10.6. The van der Waals surface area contributed by atoms with Crippen LogP contribution < -0.4 is 9.62 Å². The number of sulfonamides is 1. The van der Waals surface area contributed by atoms with Crippen molar-refractivity contribution >= 4 is 48.7 Å². The molecule has 1 N–H and O–H groups in total. The average Bonchev–Trinajstić information content (AvgIpc) is 3.02. The normalized spacial score (nSPS) is 15.9. The molecule has 2 aromatic rings. The maximum absolute atomic E-state index is 13.1. The van der Waals surface area contributed by atoms with Crippen molar-refractivity contribution < 1.29 is 26.3 Å². The molecule has 1 aliphatic rings. The number of hydrogen-bond acceptors (Lipinski definition) is 5. The zero-order chi connectivity index (χ0) is 18.9. The van der Waals surface area contributed by atoms with Gasteiger partial charge in [0.2, 0.25) is 0 Å². The van der Waals surface area contributed by atoms with Gasteiger partial charge in [0, 0.05) is 13.1 Å². The molecule has 1 aliphatic heterocycles. The first-order chi connectivity index (χ1) is 12.2. The lowest BCUT2D eigenvalue weighted by Gasteiger charge is -2.31. The minimum Gasteiger partial charge on any atom is -0.378 e. The predicted molar refractivity (Wildman–Crippen MR) is 97.3 cm³/mol. The molecule has 0 atom stereocenters. The summed E-state index contributed by atoms with van der Waals surface area (Å²) < 4.78 is 72.6. The lowest BCUT2D eigenvalue weighted by Crippen LogP contribution is -2.36. The van der Waals surface area contributed by atoms with Gasteiger partial charge >= 0.3 is 6.18 Å². The number of thiophene rings is 1. The van der Waals surface area contributed by atoms with Crippen LogP contribution in [0.15, 0.2) is 38.3 Å². The second-order valence-corrected chi connectivity index (χ2v) is 9.87. The Morgan fingerprint density at radius 1 is 1.15 bits per heavy atom. The molecule has 5 nitrogen and oxygen atoms in total. The van der Waals surface area contributed by atoms with Gasteiger partial charge in [-0.2, -0.15) is 13.2 Å². The van der Waals surface area contributed by atoms with Crippen LogP contribution in [0.25, 0.3) is 0 Å². The molecule has 11 heteroatoms. The summed E-state index contributed by atoms with van der Waals surface area (Å²) >= 11 is 4.16. The SMILES string of the molecule is O=S(=O)(Nc1cc(C(F)(F)F)ccc1N1CCOCC1)c1ccc(Br)s1. The number of morpholine rings is 1. The molecular formula is C15H14BrF3N2O3S2. The van der Waals surface area contributed by atoms with E-state index in [0.717, 1.165) is 23.5 Å². The van der Waals surface area contributed by atoms with Gasteiger partial charge in [-0.15, -0.1) is 11.3 Å². The van der Waals surface area contributed by atoms with Crippen molar-refractivity contribution in [1.29, 1.82) is 0 Å². The standard InChI is InChI=1S/C15H14BrF3N2O3S2/c16-13-3-4-14(25-13)26(22,23)20-11-9-10(15(17,18)19)1-2-12(11)21-5-7-24-8-6-21/h1-4,9,20H,5-8H2. The first kappa shape index (κ1) is 19.5. The molecule has 0 aliphatic carbocycles. The number of nitrogens with zero attached hydrogens (tertiary/aromatic N) is 1. The van der Waals surface area contributed by atoms with E-state index in [9.17, 15) is 21.6 Å². The van der Waals surface area contributed by atoms with E-state index in [4.69, 9.17) is 4.74 Å². The summed E-state index contributed by atoms with van der Waals surface area (Å²) in [7, 11) is -4.00. The zero-order valence-corrected chi connectivity index (χ0v) is 16.4. The van der Waals surface area contributed by atoms with Crippen LogP contribution >= 0.6 is 27.3 Å². The number of alkyl halides is 3. The summed E-state index contributed by atoms with van der Waals surface area (Å²) in [6, 6.07) is 6.01. The highest BCUT2D eigenvalue weighted by atomic mass is 79.9. The summed E-state index contributed by atoms with van der Waals surface area (Å²) in [6.45, 7) is 1.77. The molecule has 0 bridgehead atoms. The molecule has 142 valence electrons. The van der Waals surface area contributed by atoms with Gasteiger partial charge in [-0.25, -0.2) is 8.42 Å². The number of ether oxygens (including phenoxy) is 1. The average molecular weight is 471 g/mol. The topological polar surface area (TPSA) is 58.6 Å². The lowest BCUT2D eigenvalue weighted by atomic mass is 10.1. The maximum Gasteiger partial charge on any atom is 0.416 e. The summed E-state index contributed by atoms with van der Waals surface area (Å²) in [5.74, 6) is 0. The number of benzene rings is 1. The van der Waals surface area contributed by atoms with E-state index >= 15 is 0 Å². The fourth-order valence-corrected chi connectivity index (χ4v) is 5.59. The quantitative estimate of drug-likeness (QED) is 0.728. The monoisotopic (exact) mass is 470 g/mol. The van der Waals surface area contributed by atoms with Gasteiger partial charge in [0.15, 0.2) is 0 Å². The minimum atomic E-state index is -4.57. The van der Waals surface area contributed by atoms with E-state index in [1.54, 1.807) is 11.0 Å². The Balaban J connectivity index is 2.01. The van der Waals surface area contributed by atoms with Crippen LogP contribution in [-0.4, -0.2) is 34.7 Å². The third-order valence-electron chi connectivity index (χ3n) is 3.73. The van der Waals surface area contributed by atoms with Crippen LogP contribution in [0.5, 0.6) is 0 Å². The Morgan fingerprint density at radius 3 is 2.42 bits per heavy atom. The van der Waals surface area contributed by atoms with E-state index in [0.29, 0.717) is 35.8 Å². The van der Waals surface area contributed by atoms with E-state index in [1.165, 1.54) is 12.1 Å². The van der Waals surface area contributed by atoms with Crippen molar-refractivity contribution in [3.05, 3.63) is 39.7 Å². The summed E-state index contributed by atoms with van der Waals surface area (Å²) in [5.41, 5.74) is -0.633. The van der Waals surface area contributed by atoms with Crippen molar-refractivity contribution in [2.45, 2.75) is 10.4 Å². The molecule has 2 heterocycles. The van der Waals surface area contributed by atoms with E-state index in [1.807, 2.05) is 0 Å². The van der Waals surface area contributed by atoms with Crippen molar-refractivity contribution in [1.82, 2.24) is 0 Å². The molecule has 26 heavy (non-hydrogen) atoms. The van der Waals surface area contributed by atoms with Crippen LogP contribution in [0.1, 0.15) is 5.56 Å². The fraction of sp³-hybridized carbons (Fsp3) is 0.333. The molecule has 1 fully saturated rings. The molecule has 1 saturated heterocycles. The molecule has 0 unspecified atom stereocenters. The van der Waals surface area contributed by atoms with E-state index in [-0.39, 0.29) is 9.90 Å². The summed E-state index contributed by atoms with van der Waals surface area (Å²) in [4.78, 5) is 1.80. The van der Waals surface area contributed by atoms with Crippen molar-refractivity contribution in [2.75, 3.05) is 35.9 Å². The Kier molecular flexibility index (Phi) is 5.52. The fourth-order valence-electron chi connectivity index (χ4n) is 2.51. The van der Waals surface area contributed by atoms with Crippen LogP contribution in [0.3, 0.4) is 0 Å². The lowest BCUT2D eigenvalue weighted by molar-refractivity contribution is -0.137. The summed E-state index contributed by atoms with van der Waals surface area (Å²) in [5, 5.41) is 0. The van der Waals surface area contributed by atoms with Gasteiger partial charge in [-0.05, 0) is 46.3 Å². The Bertz CT molecular complexity index is 894. The largest absolute Gasteiger partial charge is 0.416 e. The molecule has 1 aromatic carbocycles. The van der Waals surface area contributed by atoms with Crippen LogP contribution in [0, 0.1) is 0 Å². The number of halogens is 4. The number of rotatable bonds is 4. The van der Waals surface area contributed by atoms with Crippen LogP contribution in [-0.2, 0) is 20.9 Å². The van der Waals surface area contributed by atoms with E-state index in [2.05, 4.69) is 20.7 Å². The number of anilines is 2. The van der Waals surface area contributed by atoms with Crippen molar-refractivity contribution in [3.63, 3.8) is 0 Å². The highest BCUT2D eigenvalue weighted by Gasteiger charge is 2.32. The highest BCUT2D eigenvalue weighted by Crippen LogP contribution is 2.37. The van der Waals surface area contributed by atoms with Gasteiger partial charge in [0.25, 0.3) is 10.0 Å². The predicted octanol–water partition coefficient (Wildman–Crippen LogP) is 4.17. The molecule has 1 aromatic heterocycles. The van der Waals surface area contributed by atoms with Crippen molar-refractivity contribution in [2.24, 2.45) is 0 Å². The second kappa shape index (κ2) is 7.37. The van der Waals surface area contributed by atoms with E-state index < -0.39 is 21.8 Å². The first-order valence-electron chi connectivity index (χ1n) is 7.49. The van der Waals surface area contributed by atoms with Crippen LogP contribution in [0.4, 0.5) is 24.5 Å². The molecule has 0 radical (unpaired) electrons. The van der Waals surface area contributed by atoms with Gasteiger partial charge in [-0.3, -0.25) is 4.72 Å². The number of nitrogens with one attached hydrogen (secondary N) is 1. The Hall–Kier alpha value is -1.30. The molecule has 3 rings (SSSR count). The zero-order valence-electron chi connectivity index (χ0n) is 13.2. The van der Waals surface area contributed by atoms with Gasteiger partial charge in [0.1, 0.15) is 4.21 Å². The maximum atomic E-state index is 13.1. The molecule has 0 saturated carbocycles. The van der Waals surface area contributed by atoms with Crippen LogP contribution in [0.2, 0.25) is 0 Å². The van der Waals surface area contributed by atoms with Gasteiger partial charge in [0.05, 0.1) is 33.9 Å².